The summed E-state index contributed by atoms with van der Waals surface area (Å²) in [5, 5.41) is 0. The third-order valence-electron chi connectivity index (χ3n) is 6.91. The average Bonchev–Trinajstić information content (AvgIpc) is 2.85. The quantitative estimate of drug-likeness (QED) is 0.471. The van der Waals surface area contributed by atoms with Gasteiger partial charge in [-0.25, -0.2) is 0 Å². The van der Waals surface area contributed by atoms with Crippen LogP contribution in [0, 0.1) is 23.7 Å². The Bertz CT molecular complexity index is 700. The summed E-state index contributed by atoms with van der Waals surface area (Å²) >= 11 is 0. The molecule has 1 aromatic rings. The van der Waals surface area contributed by atoms with Crippen molar-refractivity contribution in [2.45, 2.75) is 100 Å². The number of fused-ring (bicyclic) bond motifs is 1. The lowest BCUT2D eigenvalue weighted by atomic mass is 9.59. The maximum Gasteiger partial charge on any atom is 0.0222 e. The summed E-state index contributed by atoms with van der Waals surface area (Å²) in [6.07, 6.45) is 0. The van der Waals surface area contributed by atoms with Crippen molar-refractivity contribution in [2.24, 2.45) is 23.7 Å². The molecule has 0 heteroatoms. The van der Waals surface area contributed by atoms with Crippen LogP contribution in [0.4, 0.5) is 0 Å². The molecule has 0 atom stereocenters. The molecule has 1 aromatic carbocycles. The predicted octanol–water partition coefficient (Wildman–Crippen LogP) is 8.56. The summed E-state index contributed by atoms with van der Waals surface area (Å²) in [6, 6.07) is 4.97. The number of benzene rings is 1. The zero-order chi connectivity index (χ0) is 20.8. The molecule has 0 fully saturated rings. The summed E-state index contributed by atoms with van der Waals surface area (Å²) in [5.41, 5.74) is 9.95. The molecule has 0 saturated carbocycles. The third-order valence-corrected chi connectivity index (χ3v) is 6.91. The van der Waals surface area contributed by atoms with Crippen molar-refractivity contribution in [2.75, 3.05) is 0 Å². The van der Waals surface area contributed by atoms with Gasteiger partial charge in [0.2, 0.25) is 0 Å². The van der Waals surface area contributed by atoms with Crippen LogP contribution in [0.2, 0.25) is 0 Å². The zero-order valence-electron chi connectivity index (χ0n) is 20.1. The molecule has 152 valence electrons. The fourth-order valence-corrected chi connectivity index (χ4v) is 6.20. The molecule has 0 amide bonds. The molecule has 0 bridgehead atoms. The molecule has 2 rings (SSSR count). The van der Waals surface area contributed by atoms with Gasteiger partial charge in [0.05, 0.1) is 0 Å². The number of hydrogen-bond donors (Lipinski definition) is 0. The molecule has 1 aliphatic rings. The summed E-state index contributed by atoms with van der Waals surface area (Å²) in [7, 11) is 0. The van der Waals surface area contributed by atoms with Crippen LogP contribution < -0.4 is 0 Å². The van der Waals surface area contributed by atoms with Crippen molar-refractivity contribution in [3.05, 3.63) is 40.0 Å². The number of rotatable bonds is 6. The van der Waals surface area contributed by atoms with Gasteiger partial charge in [-0.3, -0.25) is 0 Å². The average molecular weight is 369 g/mol. The monoisotopic (exact) mass is 368 g/mol. The van der Waals surface area contributed by atoms with Gasteiger partial charge in [-0.15, -0.1) is 0 Å². The van der Waals surface area contributed by atoms with Gasteiger partial charge in [-0.05, 0) is 63.3 Å². The Kier molecular flexibility index (Phi) is 6.40. The van der Waals surface area contributed by atoms with Gasteiger partial charge in [-0.2, -0.15) is 0 Å². The second-order valence-corrected chi connectivity index (χ2v) is 10.6. The molecule has 0 unspecified atom stereocenters. The van der Waals surface area contributed by atoms with Crippen molar-refractivity contribution in [1.29, 1.82) is 0 Å². The highest BCUT2D eigenvalue weighted by Crippen LogP contribution is 2.60. The molecular weight excluding hydrogens is 324 g/mol. The van der Waals surface area contributed by atoms with Gasteiger partial charge < -0.3 is 0 Å². The zero-order valence-corrected chi connectivity index (χ0v) is 20.1. The van der Waals surface area contributed by atoms with Crippen molar-refractivity contribution < 1.29 is 0 Å². The Hall–Kier alpha value is -1.04. The normalized spacial score (nSPS) is 16.8. The fourth-order valence-electron chi connectivity index (χ4n) is 6.20. The molecule has 0 heterocycles. The molecule has 0 N–H and O–H groups in total. The van der Waals surface area contributed by atoms with E-state index in [0.717, 1.165) is 0 Å². The third kappa shape index (κ3) is 3.22. The highest BCUT2D eigenvalue weighted by Gasteiger charge is 2.51. The number of hydrogen-bond acceptors (Lipinski definition) is 0. The van der Waals surface area contributed by atoms with Crippen LogP contribution in [0.25, 0.3) is 5.57 Å². The first-order valence-corrected chi connectivity index (χ1v) is 11.3. The SMILES string of the molecule is CC(C)C1=C(C(C)C)C(C(C)C)(C(C)C)c2ccc(C(C)C)c(C(C)C)c21. The molecule has 0 aromatic heterocycles. The van der Waals surface area contributed by atoms with Crippen molar-refractivity contribution >= 4 is 5.57 Å². The lowest BCUT2D eigenvalue weighted by Crippen LogP contribution is -2.40. The van der Waals surface area contributed by atoms with Gasteiger partial charge in [0, 0.05) is 5.41 Å². The maximum atomic E-state index is 2.51. The predicted molar refractivity (Wildman–Crippen MR) is 123 cm³/mol. The van der Waals surface area contributed by atoms with Crippen LogP contribution in [0.15, 0.2) is 17.7 Å². The Morgan fingerprint density at radius 1 is 0.593 bits per heavy atom. The Morgan fingerprint density at radius 3 is 1.44 bits per heavy atom. The van der Waals surface area contributed by atoms with E-state index in [-0.39, 0.29) is 5.41 Å². The minimum Gasteiger partial charge on any atom is -0.0616 e. The first-order valence-electron chi connectivity index (χ1n) is 11.3. The highest BCUT2D eigenvalue weighted by atomic mass is 14.5. The lowest BCUT2D eigenvalue weighted by molar-refractivity contribution is 0.255. The topological polar surface area (TPSA) is 0 Å². The van der Waals surface area contributed by atoms with Gasteiger partial charge in [0.15, 0.2) is 0 Å². The maximum absolute atomic E-state index is 2.51. The molecular formula is C27H44. The molecule has 0 spiro atoms. The smallest absolute Gasteiger partial charge is 0.0222 e. The van der Waals surface area contributed by atoms with E-state index in [1.165, 1.54) is 0 Å². The van der Waals surface area contributed by atoms with Gasteiger partial charge >= 0.3 is 0 Å². The minimum absolute atomic E-state index is 0.155. The van der Waals surface area contributed by atoms with Gasteiger partial charge in [0.1, 0.15) is 0 Å². The highest BCUT2D eigenvalue weighted by molar-refractivity contribution is 5.85. The molecule has 0 nitrogen and oxygen atoms in total. The number of allylic oxidation sites excluding steroid dienone is 2. The summed E-state index contributed by atoms with van der Waals surface area (Å²) < 4.78 is 0. The summed E-state index contributed by atoms with van der Waals surface area (Å²) in [4.78, 5) is 0. The van der Waals surface area contributed by atoms with E-state index in [9.17, 15) is 0 Å². The van der Waals surface area contributed by atoms with E-state index >= 15 is 0 Å². The second kappa shape index (κ2) is 7.76. The standard InChI is InChI=1S/C27H44/c1-15(2)21-13-14-22-25(23(21)16(3)4)24(17(5)6)26(18(7)8)27(22,19(9)10)20(11)12/h13-20H,1-12H3. The van der Waals surface area contributed by atoms with Crippen molar-refractivity contribution in [3.8, 4) is 0 Å². The van der Waals surface area contributed by atoms with Crippen LogP contribution in [0.5, 0.6) is 0 Å². The summed E-state index contributed by atoms with van der Waals surface area (Å²) in [5.74, 6) is 3.43. The molecule has 0 radical (unpaired) electrons. The van der Waals surface area contributed by atoms with E-state index in [0.29, 0.717) is 35.5 Å². The Balaban J connectivity index is 3.12. The van der Waals surface area contributed by atoms with Crippen LogP contribution >= 0.6 is 0 Å². The van der Waals surface area contributed by atoms with E-state index < -0.39 is 0 Å². The van der Waals surface area contributed by atoms with Crippen LogP contribution in [-0.4, -0.2) is 0 Å². The molecule has 27 heavy (non-hydrogen) atoms. The van der Waals surface area contributed by atoms with Gasteiger partial charge in [0.25, 0.3) is 0 Å². The van der Waals surface area contributed by atoms with E-state index in [2.05, 4.69) is 95.2 Å². The summed E-state index contributed by atoms with van der Waals surface area (Å²) in [6.45, 7) is 28.9. The molecule has 0 saturated heterocycles. The first kappa shape index (κ1) is 22.3. The van der Waals surface area contributed by atoms with Crippen molar-refractivity contribution in [1.82, 2.24) is 0 Å². The van der Waals surface area contributed by atoms with E-state index in [4.69, 9.17) is 0 Å². The van der Waals surface area contributed by atoms with Crippen molar-refractivity contribution in [3.63, 3.8) is 0 Å². The fraction of sp³-hybridized carbons (Fsp3) is 0.704. The Morgan fingerprint density at radius 2 is 1.11 bits per heavy atom. The van der Waals surface area contributed by atoms with Crippen LogP contribution in [0.3, 0.4) is 0 Å². The largest absolute Gasteiger partial charge is 0.0616 e. The van der Waals surface area contributed by atoms with Crippen LogP contribution in [0.1, 0.15) is 117 Å². The minimum atomic E-state index is 0.155. The lowest BCUT2D eigenvalue weighted by Gasteiger charge is -2.44. The second-order valence-electron chi connectivity index (χ2n) is 10.6. The van der Waals surface area contributed by atoms with Crippen LogP contribution in [-0.2, 0) is 5.41 Å². The van der Waals surface area contributed by atoms with E-state index in [1.807, 2.05) is 0 Å². The molecule has 0 aliphatic heterocycles. The molecule has 1 aliphatic carbocycles. The van der Waals surface area contributed by atoms with E-state index in [1.54, 1.807) is 33.4 Å². The van der Waals surface area contributed by atoms with Gasteiger partial charge in [-0.1, -0.05) is 101 Å². The Labute approximate surface area is 169 Å². The first-order chi connectivity index (χ1) is 12.4.